The summed E-state index contributed by atoms with van der Waals surface area (Å²) < 4.78 is 42.3. The van der Waals surface area contributed by atoms with Crippen LogP contribution >= 0.6 is 0 Å². The smallest absolute Gasteiger partial charge is 0.416 e. The van der Waals surface area contributed by atoms with Gasteiger partial charge < -0.3 is 4.74 Å². The fourth-order valence-corrected chi connectivity index (χ4v) is 1.35. The van der Waals surface area contributed by atoms with E-state index in [2.05, 4.69) is 9.57 Å². The van der Waals surface area contributed by atoms with Crippen molar-refractivity contribution in [3.05, 3.63) is 35.4 Å². The van der Waals surface area contributed by atoms with E-state index in [1.807, 2.05) is 0 Å². The first-order valence-corrected chi connectivity index (χ1v) is 4.51. The molecule has 1 atom stereocenters. The number of halogens is 3. The van der Waals surface area contributed by atoms with Crippen LogP contribution < -0.4 is 5.90 Å². The number of alkyl halides is 3. The lowest BCUT2D eigenvalue weighted by atomic mass is 10.0. The van der Waals surface area contributed by atoms with E-state index in [0.29, 0.717) is 0 Å². The van der Waals surface area contributed by atoms with Crippen LogP contribution in [0.1, 0.15) is 17.2 Å². The number of carbonyl (C=O) groups excluding carboxylic acids is 1. The number of hydrogen-bond donors (Lipinski definition) is 1. The van der Waals surface area contributed by atoms with Crippen molar-refractivity contribution >= 4 is 5.97 Å². The second-order valence-corrected chi connectivity index (χ2v) is 3.12. The summed E-state index contributed by atoms with van der Waals surface area (Å²) in [6, 6.07) is 4.50. The highest BCUT2D eigenvalue weighted by Crippen LogP contribution is 2.35. The van der Waals surface area contributed by atoms with Crippen LogP contribution in [0.15, 0.2) is 24.3 Å². The van der Waals surface area contributed by atoms with E-state index in [-0.39, 0.29) is 5.56 Å². The van der Waals surface area contributed by atoms with Crippen molar-refractivity contribution in [2.45, 2.75) is 12.3 Å². The molecule has 2 N–H and O–H groups in total. The molecule has 0 saturated heterocycles. The number of esters is 1. The average molecular weight is 249 g/mol. The van der Waals surface area contributed by atoms with E-state index in [1.54, 1.807) is 0 Å². The normalized spacial score (nSPS) is 13.2. The number of benzene rings is 1. The zero-order chi connectivity index (χ0) is 13.1. The summed E-state index contributed by atoms with van der Waals surface area (Å²) in [7, 11) is 1.03. The van der Waals surface area contributed by atoms with Crippen molar-refractivity contribution in [3.8, 4) is 0 Å². The number of methoxy groups -OCH3 is 1. The Morgan fingerprint density at radius 2 is 1.94 bits per heavy atom. The fraction of sp³-hybridized carbons (Fsp3) is 0.300. The van der Waals surface area contributed by atoms with Gasteiger partial charge in [0.05, 0.1) is 12.7 Å². The summed E-state index contributed by atoms with van der Waals surface area (Å²) in [5.74, 6) is 3.83. The highest BCUT2D eigenvalue weighted by atomic mass is 19.4. The Kier molecular flexibility index (Phi) is 4.08. The maximum absolute atomic E-state index is 12.7. The third-order valence-electron chi connectivity index (χ3n) is 2.10. The lowest BCUT2D eigenvalue weighted by Gasteiger charge is -2.17. The first-order valence-electron chi connectivity index (χ1n) is 4.51. The van der Waals surface area contributed by atoms with Crippen LogP contribution in [0.5, 0.6) is 0 Å². The molecule has 7 heteroatoms. The largest absolute Gasteiger partial charge is 0.467 e. The van der Waals surface area contributed by atoms with Gasteiger partial charge in [0, 0.05) is 5.56 Å². The predicted octanol–water partition coefficient (Wildman–Crippen LogP) is 1.81. The Hall–Kier alpha value is -1.60. The molecule has 1 rings (SSSR count). The monoisotopic (exact) mass is 249 g/mol. The van der Waals surface area contributed by atoms with Gasteiger partial charge in [-0.2, -0.15) is 13.2 Å². The van der Waals surface area contributed by atoms with Crippen LogP contribution in [0.4, 0.5) is 13.2 Å². The summed E-state index contributed by atoms with van der Waals surface area (Å²) in [5.41, 5.74) is -1.37. The Labute approximate surface area is 95.1 Å². The minimum absolute atomic E-state index is 0.380. The van der Waals surface area contributed by atoms with E-state index in [9.17, 15) is 18.0 Å². The van der Waals surface area contributed by atoms with Gasteiger partial charge in [-0.1, -0.05) is 18.2 Å². The van der Waals surface area contributed by atoms with E-state index in [1.165, 1.54) is 12.1 Å². The van der Waals surface area contributed by atoms with E-state index >= 15 is 0 Å². The molecular formula is C10H10F3NO3. The lowest BCUT2D eigenvalue weighted by molar-refractivity contribution is -0.157. The Balaban J connectivity index is 3.25. The second kappa shape index (κ2) is 5.15. The van der Waals surface area contributed by atoms with Crippen molar-refractivity contribution in [3.63, 3.8) is 0 Å². The van der Waals surface area contributed by atoms with Crippen LogP contribution in [0.3, 0.4) is 0 Å². The molecule has 0 heterocycles. The molecule has 0 aliphatic heterocycles. The molecule has 0 spiro atoms. The molecule has 0 amide bonds. The quantitative estimate of drug-likeness (QED) is 0.655. The zero-order valence-electron chi connectivity index (χ0n) is 8.82. The lowest BCUT2D eigenvalue weighted by Crippen LogP contribution is -2.23. The summed E-state index contributed by atoms with van der Waals surface area (Å²) in [6.07, 6.45) is -6.20. The minimum atomic E-state index is -4.60. The SMILES string of the molecule is COC(=O)C(ON)c1ccccc1C(F)(F)F. The van der Waals surface area contributed by atoms with Gasteiger partial charge in [0.15, 0.2) is 0 Å². The number of hydrogen-bond acceptors (Lipinski definition) is 4. The van der Waals surface area contributed by atoms with Crippen LogP contribution in [0.25, 0.3) is 0 Å². The molecule has 0 radical (unpaired) electrons. The van der Waals surface area contributed by atoms with E-state index in [0.717, 1.165) is 19.2 Å². The summed E-state index contributed by atoms with van der Waals surface area (Å²) in [5, 5.41) is 0. The molecule has 94 valence electrons. The molecule has 0 bridgehead atoms. The number of nitrogens with two attached hydrogens (primary N) is 1. The molecule has 0 aliphatic rings. The molecule has 17 heavy (non-hydrogen) atoms. The van der Waals surface area contributed by atoms with Crippen LogP contribution in [0, 0.1) is 0 Å². The maximum Gasteiger partial charge on any atom is 0.416 e. The van der Waals surface area contributed by atoms with Crippen molar-refractivity contribution in [1.82, 2.24) is 0 Å². The van der Waals surface area contributed by atoms with Gasteiger partial charge >= 0.3 is 12.1 Å². The predicted molar refractivity (Wildman–Crippen MR) is 51.5 cm³/mol. The second-order valence-electron chi connectivity index (χ2n) is 3.12. The summed E-state index contributed by atoms with van der Waals surface area (Å²) in [6.45, 7) is 0. The molecular weight excluding hydrogens is 239 g/mol. The number of carbonyl (C=O) groups is 1. The standard InChI is InChI=1S/C10H10F3NO3/c1-16-9(15)8(17-14)6-4-2-3-5-7(6)10(11,12)13/h2-5,8H,14H2,1H3. The van der Waals surface area contributed by atoms with Crippen molar-refractivity contribution < 1.29 is 27.5 Å². The third kappa shape index (κ3) is 2.95. The number of rotatable bonds is 3. The topological polar surface area (TPSA) is 61.5 Å². The molecule has 1 aromatic carbocycles. The molecule has 0 fully saturated rings. The van der Waals surface area contributed by atoms with Crippen molar-refractivity contribution in [2.24, 2.45) is 5.90 Å². The first-order chi connectivity index (χ1) is 7.91. The molecule has 4 nitrogen and oxygen atoms in total. The zero-order valence-corrected chi connectivity index (χ0v) is 8.82. The average Bonchev–Trinajstić information content (AvgIpc) is 2.29. The van der Waals surface area contributed by atoms with Gasteiger partial charge in [-0.3, -0.25) is 4.84 Å². The fourth-order valence-electron chi connectivity index (χ4n) is 1.35. The maximum atomic E-state index is 12.7. The molecule has 0 saturated carbocycles. The number of ether oxygens (including phenoxy) is 1. The van der Waals surface area contributed by atoms with E-state index < -0.39 is 23.8 Å². The minimum Gasteiger partial charge on any atom is -0.467 e. The van der Waals surface area contributed by atoms with E-state index in [4.69, 9.17) is 5.90 Å². The molecule has 1 unspecified atom stereocenters. The molecule has 0 aliphatic carbocycles. The highest BCUT2D eigenvalue weighted by molar-refractivity contribution is 5.77. The van der Waals surface area contributed by atoms with Crippen molar-refractivity contribution in [2.75, 3.05) is 7.11 Å². The Bertz CT molecular complexity index is 406. The van der Waals surface area contributed by atoms with Gasteiger partial charge in [-0.25, -0.2) is 10.7 Å². The third-order valence-corrected chi connectivity index (χ3v) is 2.10. The molecule has 1 aromatic rings. The summed E-state index contributed by atoms with van der Waals surface area (Å²) in [4.78, 5) is 15.5. The van der Waals surface area contributed by atoms with Crippen LogP contribution in [0.2, 0.25) is 0 Å². The van der Waals surface area contributed by atoms with Crippen molar-refractivity contribution in [1.29, 1.82) is 0 Å². The Morgan fingerprint density at radius 3 is 2.41 bits per heavy atom. The van der Waals surface area contributed by atoms with Gasteiger partial charge in [-0.15, -0.1) is 0 Å². The first kappa shape index (κ1) is 13.5. The van der Waals surface area contributed by atoms with Gasteiger partial charge in [-0.05, 0) is 6.07 Å². The Morgan fingerprint density at radius 1 is 1.35 bits per heavy atom. The van der Waals surface area contributed by atoms with Crippen LogP contribution in [-0.4, -0.2) is 13.1 Å². The highest BCUT2D eigenvalue weighted by Gasteiger charge is 2.37. The van der Waals surface area contributed by atoms with Gasteiger partial charge in [0.2, 0.25) is 6.10 Å². The van der Waals surface area contributed by atoms with Gasteiger partial charge in [0.25, 0.3) is 0 Å². The van der Waals surface area contributed by atoms with Gasteiger partial charge in [0.1, 0.15) is 0 Å². The molecule has 0 aromatic heterocycles. The summed E-state index contributed by atoms with van der Waals surface area (Å²) >= 11 is 0. The van der Waals surface area contributed by atoms with Crippen LogP contribution in [-0.2, 0) is 20.5 Å².